The number of hydrogen-bond acceptors (Lipinski definition) is 2. The first kappa shape index (κ1) is 8.43. The van der Waals surface area contributed by atoms with Crippen LogP contribution in [0, 0.1) is 6.92 Å². The molecular weight excluding hydrogens is 118 g/mol. The first-order valence-electron chi connectivity index (χ1n) is 3.00. The quantitative estimate of drug-likeness (QED) is 0.454. The van der Waals surface area contributed by atoms with Gasteiger partial charge in [-0.15, -0.1) is 0 Å². The molecule has 0 aliphatic rings. The summed E-state index contributed by atoms with van der Waals surface area (Å²) >= 11 is 0. The molecule has 3 heteroatoms. The van der Waals surface area contributed by atoms with E-state index in [1.807, 2.05) is 0 Å². The molecule has 0 heterocycles. The summed E-state index contributed by atoms with van der Waals surface area (Å²) in [5.74, 6) is -0.257. The molecule has 1 amide bonds. The maximum Gasteiger partial charge on any atom is 0.245 e. The van der Waals surface area contributed by atoms with Gasteiger partial charge in [0.1, 0.15) is 0 Å². The fraction of sp³-hybridized carbons (Fsp3) is 0.667. The minimum Gasteiger partial charge on any atom is -0.286 e. The zero-order valence-electron chi connectivity index (χ0n) is 5.63. The summed E-state index contributed by atoms with van der Waals surface area (Å²) < 4.78 is 0. The molecule has 0 fully saturated rings. The summed E-state index contributed by atoms with van der Waals surface area (Å²) in [6.07, 6.45) is 0.861. The average Bonchev–Trinajstić information content (AvgIpc) is 1.87. The molecule has 0 saturated carbocycles. The third-order valence-electron chi connectivity index (χ3n) is 0.978. The van der Waals surface area contributed by atoms with Crippen LogP contribution in [0.1, 0.15) is 19.8 Å². The molecule has 0 rings (SSSR count). The van der Waals surface area contributed by atoms with Gasteiger partial charge in [-0.2, -0.15) is 0 Å². The van der Waals surface area contributed by atoms with Gasteiger partial charge in [-0.1, -0.05) is 6.92 Å². The number of hydroxylamine groups is 2. The molecule has 0 aliphatic carbocycles. The van der Waals surface area contributed by atoms with E-state index in [-0.39, 0.29) is 5.91 Å². The van der Waals surface area contributed by atoms with Crippen molar-refractivity contribution in [1.29, 1.82) is 0 Å². The standard InChI is InChI=1S/C6H12NO2/c1-3-5-6(8)7(9)4-2/h9H,1,3-5H2,2H3. The Balaban J connectivity index is 3.46. The Morgan fingerprint density at radius 1 is 1.78 bits per heavy atom. The van der Waals surface area contributed by atoms with Crippen LogP contribution in [0.25, 0.3) is 0 Å². The third kappa shape index (κ3) is 3.08. The molecule has 53 valence electrons. The second-order valence-electron chi connectivity index (χ2n) is 1.71. The highest BCUT2D eigenvalue weighted by molar-refractivity contribution is 5.74. The van der Waals surface area contributed by atoms with E-state index in [0.29, 0.717) is 24.4 Å². The SMILES string of the molecule is [CH2]CCC(=O)N(O)CC. The monoisotopic (exact) mass is 130 g/mol. The van der Waals surface area contributed by atoms with Crippen LogP contribution in [-0.4, -0.2) is 22.7 Å². The zero-order valence-corrected chi connectivity index (χ0v) is 5.63. The molecular formula is C6H12NO2. The second-order valence-corrected chi connectivity index (χ2v) is 1.71. The Labute approximate surface area is 55.2 Å². The molecule has 0 aliphatic heterocycles. The van der Waals surface area contributed by atoms with E-state index < -0.39 is 0 Å². The first-order chi connectivity index (χ1) is 4.22. The summed E-state index contributed by atoms with van der Waals surface area (Å²) in [6, 6.07) is 0. The van der Waals surface area contributed by atoms with E-state index in [9.17, 15) is 4.79 Å². The van der Waals surface area contributed by atoms with Crippen molar-refractivity contribution in [2.24, 2.45) is 0 Å². The predicted molar refractivity (Wildman–Crippen MR) is 33.8 cm³/mol. The van der Waals surface area contributed by atoms with Gasteiger partial charge in [-0.3, -0.25) is 10.0 Å². The van der Waals surface area contributed by atoms with E-state index in [0.717, 1.165) is 0 Å². The first-order valence-corrected chi connectivity index (χ1v) is 3.00. The van der Waals surface area contributed by atoms with Gasteiger partial charge in [-0.05, 0) is 13.3 Å². The number of hydrogen-bond donors (Lipinski definition) is 1. The molecule has 3 nitrogen and oxygen atoms in total. The molecule has 0 aromatic rings. The van der Waals surface area contributed by atoms with Gasteiger partial charge in [0.05, 0.1) is 0 Å². The Bertz CT molecular complexity index is 93.1. The van der Waals surface area contributed by atoms with E-state index in [2.05, 4.69) is 6.92 Å². The van der Waals surface area contributed by atoms with E-state index in [1.54, 1.807) is 6.92 Å². The van der Waals surface area contributed by atoms with Crippen molar-refractivity contribution >= 4 is 5.91 Å². The molecule has 0 bridgehead atoms. The fourth-order valence-corrected chi connectivity index (χ4v) is 0.457. The molecule has 9 heavy (non-hydrogen) atoms. The molecule has 1 N–H and O–H groups in total. The van der Waals surface area contributed by atoms with Gasteiger partial charge < -0.3 is 0 Å². The van der Waals surface area contributed by atoms with E-state index >= 15 is 0 Å². The Morgan fingerprint density at radius 2 is 2.33 bits per heavy atom. The number of carbonyl (C=O) groups excluding carboxylic acids is 1. The Morgan fingerprint density at radius 3 is 2.67 bits per heavy atom. The summed E-state index contributed by atoms with van der Waals surface area (Å²) in [5.41, 5.74) is 0. The highest BCUT2D eigenvalue weighted by atomic mass is 16.5. The van der Waals surface area contributed by atoms with Crippen LogP contribution in [0.2, 0.25) is 0 Å². The summed E-state index contributed by atoms with van der Waals surface area (Å²) in [5, 5.41) is 9.41. The van der Waals surface area contributed by atoms with Crippen LogP contribution in [-0.2, 0) is 4.79 Å². The van der Waals surface area contributed by atoms with Gasteiger partial charge in [0.25, 0.3) is 0 Å². The minimum absolute atomic E-state index is 0.257. The highest BCUT2D eigenvalue weighted by Gasteiger charge is 2.04. The lowest BCUT2D eigenvalue weighted by molar-refractivity contribution is -0.164. The Kier molecular flexibility index (Phi) is 4.05. The van der Waals surface area contributed by atoms with Crippen LogP contribution >= 0.6 is 0 Å². The molecule has 0 atom stereocenters. The third-order valence-corrected chi connectivity index (χ3v) is 0.978. The van der Waals surface area contributed by atoms with Crippen molar-refractivity contribution in [3.05, 3.63) is 6.92 Å². The summed E-state index contributed by atoms with van der Waals surface area (Å²) in [7, 11) is 0. The number of carbonyl (C=O) groups is 1. The van der Waals surface area contributed by atoms with Gasteiger partial charge in [0.2, 0.25) is 5.91 Å². The molecule has 0 saturated heterocycles. The topological polar surface area (TPSA) is 40.5 Å². The van der Waals surface area contributed by atoms with Gasteiger partial charge in [0, 0.05) is 13.0 Å². The molecule has 0 aromatic heterocycles. The van der Waals surface area contributed by atoms with E-state index in [4.69, 9.17) is 5.21 Å². The largest absolute Gasteiger partial charge is 0.286 e. The van der Waals surface area contributed by atoms with Crippen molar-refractivity contribution in [3.63, 3.8) is 0 Å². The van der Waals surface area contributed by atoms with Crippen LogP contribution in [0.4, 0.5) is 0 Å². The van der Waals surface area contributed by atoms with Crippen LogP contribution in [0.15, 0.2) is 0 Å². The average molecular weight is 130 g/mol. The normalized spacial score (nSPS) is 9.22. The lowest BCUT2D eigenvalue weighted by Gasteiger charge is -2.10. The predicted octanol–water partition coefficient (Wildman–Crippen LogP) is 0.838. The highest BCUT2D eigenvalue weighted by Crippen LogP contribution is 1.91. The fourth-order valence-electron chi connectivity index (χ4n) is 0.457. The molecule has 0 aromatic carbocycles. The minimum atomic E-state index is -0.257. The number of rotatable bonds is 3. The molecule has 0 spiro atoms. The smallest absolute Gasteiger partial charge is 0.245 e. The molecule has 1 radical (unpaired) electrons. The van der Waals surface area contributed by atoms with Gasteiger partial charge in [-0.25, -0.2) is 5.06 Å². The van der Waals surface area contributed by atoms with Crippen LogP contribution < -0.4 is 0 Å². The van der Waals surface area contributed by atoms with Crippen molar-refractivity contribution in [2.45, 2.75) is 19.8 Å². The van der Waals surface area contributed by atoms with Crippen molar-refractivity contribution in [3.8, 4) is 0 Å². The van der Waals surface area contributed by atoms with Crippen LogP contribution in [0.3, 0.4) is 0 Å². The number of amides is 1. The van der Waals surface area contributed by atoms with Crippen molar-refractivity contribution < 1.29 is 10.0 Å². The summed E-state index contributed by atoms with van der Waals surface area (Å²) in [6.45, 7) is 5.54. The Hall–Kier alpha value is -0.570. The maximum atomic E-state index is 10.6. The van der Waals surface area contributed by atoms with Crippen molar-refractivity contribution in [2.75, 3.05) is 6.54 Å². The zero-order chi connectivity index (χ0) is 7.28. The van der Waals surface area contributed by atoms with Crippen LogP contribution in [0.5, 0.6) is 0 Å². The van der Waals surface area contributed by atoms with Gasteiger partial charge in [0.15, 0.2) is 0 Å². The van der Waals surface area contributed by atoms with E-state index in [1.165, 1.54) is 0 Å². The number of nitrogens with zero attached hydrogens (tertiary/aromatic N) is 1. The second kappa shape index (κ2) is 4.32. The molecule has 0 unspecified atom stereocenters. The summed E-state index contributed by atoms with van der Waals surface area (Å²) in [4.78, 5) is 10.6. The maximum absolute atomic E-state index is 10.6. The lowest BCUT2D eigenvalue weighted by Crippen LogP contribution is -2.26. The van der Waals surface area contributed by atoms with Gasteiger partial charge >= 0.3 is 0 Å². The lowest BCUT2D eigenvalue weighted by atomic mass is 10.3. The van der Waals surface area contributed by atoms with Crippen molar-refractivity contribution in [1.82, 2.24) is 5.06 Å².